The number of carbonyl (C=O) groups excluding carboxylic acids is 1. The molecular formula is C16H12N2O. The van der Waals surface area contributed by atoms with Crippen molar-refractivity contribution in [3.8, 4) is 0 Å². The molecule has 1 atom stereocenters. The number of aliphatic imine (C=N–C) groups is 1. The molecule has 4 rings (SSSR count). The molecule has 0 saturated heterocycles. The third kappa shape index (κ3) is 1.32. The molecule has 0 aromatic heterocycles. The minimum Gasteiger partial charge on any atom is -0.324 e. The summed E-state index contributed by atoms with van der Waals surface area (Å²) in [4.78, 5) is 17.0. The molecule has 0 bridgehead atoms. The van der Waals surface area contributed by atoms with Crippen LogP contribution in [0.15, 0.2) is 47.5 Å². The minimum absolute atomic E-state index is 0.0190. The van der Waals surface area contributed by atoms with Gasteiger partial charge in [-0.05, 0) is 24.1 Å². The molecule has 3 heteroatoms. The lowest BCUT2D eigenvalue weighted by Crippen LogP contribution is -2.32. The van der Waals surface area contributed by atoms with Crippen LogP contribution in [-0.2, 0) is 4.79 Å². The van der Waals surface area contributed by atoms with Crippen molar-refractivity contribution in [2.24, 2.45) is 4.99 Å². The van der Waals surface area contributed by atoms with Crippen molar-refractivity contribution in [2.45, 2.75) is 12.8 Å². The number of rotatable bonds is 0. The molecule has 19 heavy (non-hydrogen) atoms. The molecule has 92 valence electrons. The van der Waals surface area contributed by atoms with Gasteiger partial charge in [0.25, 0.3) is 0 Å². The summed E-state index contributed by atoms with van der Waals surface area (Å²) in [6.07, 6.45) is 0. The largest absolute Gasteiger partial charge is 0.324 e. The number of nitrogens with one attached hydrogen (secondary N) is 1. The fourth-order valence-electron chi connectivity index (χ4n) is 2.90. The van der Waals surface area contributed by atoms with Gasteiger partial charge in [-0.15, -0.1) is 0 Å². The Labute approximate surface area is 111 Å². The van der Waals surface area contributed by atoms with E-state index in [-0.39, 0.29) is 11.8 Å². The first-order chi connectivity index (χ1) is 9.25. The molecule has 2 aromatic rings. The van der Waals surface area contributed by atoms with Crippen LogP contribution in [0, 0.1) is 6.92 Å². The summed E-state index contributed by atoms with van der Waals surface area (Å²) in [5.74, 6) is -0.240. The molecule has 0 radical (unpaired) electrons. The Hall–Kier alpha value is -2.42. The van der Waals surface area contributed by atoms with Crippen LogP contribution in [-0.4, -0.2) is 11.6 Å². The van der Waals surface area contributed by atoms with Crippen molar-refractivity contribution >= 4 is 23.0 Å². The van der Waals surface area contributed by atoms with Crippen LogP contribution in [0.5, 0.6) is 0 Å². The SMILES string of the molecule is Cc1cccc2c1NC(=O)C1C2=Nc2ccccc21. The molecule has 1 N–H and O–H groups in total. The van der Waals surface area contributed by atoms with Gasteiger partial charge in [-0.2, -0.15) is 0 Å². The standard InChI is InChI=1S/C16H12N2O/c1-9-5-4-7-11-14(9)18-16(19)13-10-6-2-3-8-12(10)17-15(11)13/h2-8,13H,1H3,(H,18,19). The van der Waals surface area contributed by atoms with Crippen LogP contribution in [0.1, 0.15) is 22.6 Å². The lowest BCUT2D eigenvalue weighted by atomic mass is 9.86. The molecule has 1 amide bonds. The zero-order valence-corrected chi connectivity index (χ0v) is 10.5. The van der Waals surface area contributed by atoms with E-state index in [0.717, 1.165) is 33.8 Å². The van der Waals surface area contributed by atoms with Crippen molar-refractivity contribution in [1.29, 1.82) is 0 Å². The van der Waals surface area contributed by atoms with E-state index < -0.39 is 0 Å². The number of aryl methyl sites for hydroxylation is 1. The van der Waals surface area contributed by atoms with Crippen molar-refractivity contribution in [1.82, 2.24) is 0 Å². The molecule has 0 fully saturated rings. The van der Waals surface area contributed by atoms with E-state index in [9.17, 15) is 4.79 Å². The highest BCUT2D eigenvalue weighted by molar-refractivity contribution is 6.29. The lowest BCUT2D eigenvalue weighted by Gasteiger charge is -2.24. The molecule has 0 aliphatic carbocycles. The van der Waals surface area contributed by atoms with Crippen LogP contribution >= 0.6 is 0 Å². The first-order valence-corrected chi connectivity index (χ1v) is 6.34. The summed E-state index contributed by atoms with van der Waals surface area (Å²) in [7, 11) is 0. The number of amides is 1. The Balaban J connectivity index is 2.00. The van der Waals surface area contributed by atoms with Gasteiger partial charge in [-0.25, -0.2) is 0 Å². The van der Waals surface area contributed by atoms with E-state index in [4.69, 9.17) is 0 Å². The highest BCUT2D eigenvalue weighted by Gasteiger charge is 2.38. The van der Waals surface area contributed by atoms with Gasteiger partial charge in [0.05, 0.1) is 17.1 Å². The Kier molecular flexibility index (Phi) is 1.96. The quantitative estimate of drug-likeness (QED) is 0.764. The number of anilines is 1. The van der Waals surface area contributed by atoms with Gasteiger partial charge in [-0.1, -0.05) is 36.4 Å². The third-order valence-corrected chi connectivity index (χ3v) is 3.82. The molecule has 2 aliphatic heterocycles. The summed E-state index contributed by atoms with van der Waals surface area (Å²) in [6.45, 7) is 2.00. The summed E-state index contributed by atoms with van der Waals surface area (Å²) < 4.78 is 0. The van der Waals surface area contributed by atoms with Gasteiger partial charge < -0.3 is 5.32 Å². The number of para-hydroxylation sites is 2. The predicted octanol–water partition coefficient (Wildman–Crippen LogP) is 3.17. The molecule has 0 saturated carbocycles. The van der Waals surface area contributed by atoms with Gasteiger partial charge in [0.1, 0.15) is 5.92 Å². The van der Waals surface area contributed by atoms with Gasteiger partial charge in [0.2, 0.25) is 5.91 Å². The first-order valence-electron chi connectivity index (χ1n) is 6.34. The average molecular weight is 248 g/mol. The van der Waals surface area contributed by atoms with Gasteiger partial charge in [0.15, 0.2) is 0 Å². The lowest BCUT2D eigenvalue weighted by molar-refractivity contribution is -0.116. The average Bonchev–Trinajstić information content (AvgIpc) is 2.80. The zero-order valence-electron chi connectivity index (χ0n) is 10.5. The maximum Gasteiger partial charge on any atom is 0.238 e. The molecule has 2 heterocycles. The number of benzene rings is 2. The second-order valence-electron chi connectivity index (χ2n) is 4.98. The van der Waals surface area contributed by atoms with E-state index in [0.29, 0.717) is 0 Å². The Bertz CT molecular complexity index is 746. The van der Waals surface area contributed by atoms with Gasteiger partial charge >= 0.3 is 0 Å². The highest BCUT2D eigenvalue weighted by Crippen LogP contribution is 2.42. The van der Waals surface area contributed by atoms with Crippen molar-refractivity contribution in [3.63, 3.8) is 0 Å². The van der Waals surface area contributed by atoms with E-state index in [1.165, 1.54) is 0 Å². The van der Waals surface area contributed by atoms with Crippen LogP contribution < -0.4 is 5.32 Å². The fraction of sp³-hybridized carbons (Fsp3) is 0.125. The molecule has 0 spiro atoms. The number of nitrogens with zero attached hydrogens (tertiary/aromatic N) is 1. The monoisotopic (exact) mass is 248 g/mol. The Morgan fingerprint density at radius 2 is 1.95 bits per heavy atom. The smallest absolute Gasteiger partial charge is 0.238 e. The predicted molar refractivity (Wildman–Crippen MR) is 75.2 cm³/mol. The van der Waals surface area contributed by atoms with Crippen LogP contribution in [0.2, 0.25) is 0 Å². The fourth-order valence-corrected chi connectivity index (χ4v) is 2.90. The highest BCUT2D eigenvalue weighted by atomic mass is 16.2. The van der Waals surface area contributed by atoms with E-state index in [1.54, 1.807) is 0 Å². The van der Waals surface area contributed by atoms with Crippen LogP contribution in [0.3, 0.4) is 0 Å². The van der Waals surface area contributed by atoms with Gasteiger partial charge in [0, 0.05) is 5.56 Å². The minimum atomic E-state index is -0.259. The number of fused-ring (bicyclic) bond motifs is 5. The summed E-state index contributed by atoms with van der Waals surface area (Å²) in [5.41, 5.74) is 5.80. The number of hydrogen-bond acceptors (Lipinski definition) is 2. The second-order valence-corrected chi connectivity index (χ2v) is 4.98. The first kappa shape index (κ1) is 10.5. The van der Waals surface area contributed by atoms with E-state index in [2.05, 4.69) is 10.3 Å². The zero-order chi connectivity index (χ0) is 13.0. The van der Waals surface area contributed by atoms with Crippen molar-refractivity contribution in [2.75, 3.05) is 5.32 Å². The molecule has 2 aliphatic rings. The maximum atomic E-state index is 12.4. The topological polar surface area (TPSA) is 41.5 Å². The third-order valence-electron chi connectivity index (χ3n) is 3.82. The summed E-state index contributed by atoms with van der Waals surface area (Å²) in [6, 6.07) is 13.9. The molecular weight excluding hydrogens is 236 g/mol. The van der Waals surface area contributed by atoms with E-state index in [1.807, 2.05) is 49.4 Å². The summed E-state index contributed by atoms with van der Waals surface area (Å²) in [5, 5.41) is 3.02. The second kappa shape index (κ2) is 3.54. The molecule has 1 unspecified atom stereocenters. The maximum absolute atomic E-state index is 12.4. The van der Waals surface area contributed by atoms with Crippen LogP contribution in [0.25, 0.3) is 0 Å². The number of hydrogen-bond donors (Lipinski definition) is 1. The summed E-state index contributed by atoms with van der Waals surface area (Å²) >= 11 is 0. The normalized spacial score (nSPS) is 19.1. The number of carbonyl (C=O) groups is 1. The van der Waals surface area contributed by atoms with Crippen molar-refractivity contribution in [3.05, 3.63) is 59.2 Å². The Morgan fingerprint density at radius 3 is 2.84 bits per heavy atom. The van der Waals surface area contributed by atoms with Crippen molar-refractivity contribution < 1.29 is 4.79 Å². The molecule has 3 nitrogen and oxygen atoms in total. The van der Waals surface area contributed by atoms with Gasteiger partial charge in [-0.3, -0.25) is 9.79 Å². The Morgan fingerprint density at radius 1 is 1.11 bits per heavy atom. The van der Waals surface area contributed by atoms with E-state index >= 15 is 0 Å². The van der Waals surface area contributed by atoms with Crippen LogP contribution in [0.4, 0.5) is 11.4 Å². The molecule has 2 aromatic carbocycles.